The minimum absolute atomic E-state index is 0.252. The zero-order chi connectivity index (χ0) is 20.1. The van der Waals surface area contributed by atoms with Gasteiger partial charge in [-0.3, -0.25) is 9.36 Å². The van der Waals surface area contributed by atoms with E-state index in [1.165, 1.54) is 30.1 Å². The highest BCUT2D eigenvalue weighted by molar-refractivity contribution is 7.98. The topological polar surface area (TPSA) is 65.4 Å². The largest absolute Gasteiger partial charge is 0.493 e. The Balaban J connectivity index is 1.86. The molecule has 0 aliphatic rings. The molecule has 1 amide bonds. The van der Waals surface area contributed by atoms with E-state index in [1.807, 2.05) is 18.4 Å². The van der Waals surface area contributed by atoms with E-state index in [0.29, 0.717) is 28.0 Å². The third kappa shape index (κ3) is 3.96. The van der Waals surface area contributed by atoms with Crippen LogP contribution in [0.15, 0.2) is 53.8 Å². The number of nitrogens with one attached hydrogen (secondary N) is 1. The zero-order valence-electron chi connectivity index (χ0n) is 15.7. The predicted octanol–water partition coefficient (Wildman–Crippen LogP) is 3.68. The highest BCUT2D eigenvalue weighted by Crippen LogP contribution is 2.30. The van der Waals surface area contributed by atoms with Crippen molar-refractivity contribution in [2.24, 2.45) is 0 Å². The molecule has 3 aromatic rings. The third-order valence-corrected chi connectivity index (χ3v) is 4.81. The Morgan fingerprint density at radius 2 is 1.93 bits per heavy atom. The fraction of sp³-hybridized carbons (Fsp3) is 0.200. The second-order valence-electron chi connectivity index (χ2n) is 5.78. The van der Waals surface area contributed by atoms with Gasteiger partial charge < -0.3 is 14.8 Å². The lowest BCUT2D eigenvalue weighted by Crippen LogP contribution is -2.25. The summed E-state index contributed by atoms with van der Waals surface area (Å²) in [7, 11) is 3.11. The third-order valence-electron chi connectivity index (χ3n) is 4.15. The number of rotatable bonds is 7. The number of thioether (sulfide) groups is 1. The summed E-state index contributed by atoms with van der Waals surface area (Å²) in [5.74, 6) is 0.519. The molecule has 3 rings (SSSR count). The Morgan fingerprint density at radius 1 is 1.18 bits per heavy atom. The summed E-state index contributed by atoms with van der Waals surface area (Å²) in [4.78, 5) is 17.1. The normalized spacial score (nSPS) is 10.6. The van der Waals surface area contributed by atoms with Gasteiger partial charge in [-0.25, -0.2) is 9.37 Å². The molecule has 8 heteroatoms. The van der Waals surface area contributed by atoms with E-state index in [-0.39, 0.29) is 18.3 Å². The van der Waals surface area contributed by atoms with E-state index in [4.69, 9.17) is 9.47 Å². The zero-order valence-corrected chi connectivity index (χ0v) is 16.5. The predicted molar refractivity (Wildman–Crippen MR) is 106 cm³/mol. The van der Waals surface area contributed by atoms with Crippen LogP contribution in [0.2, 0.25) is 0 Å². The lowest BCUT2D eigenvalue weighted by Gasteiger charge is -2.14. The molecule has 0 saturated carbocycles. The fourth-order valence-corrected chi connectivity index (χ4v) is 3.38. The summed E-state index contributed by atoms with van der Waals surface area (Å²) in [6, 6.07) is 11.4. The van der Waals surface area contributed by atoms with E-state index in [2.05, 4.69) is 10.3 Å². The van der Waals surface area contributed by atoms with Crippen LogP contribution < -0.4 is 14.8 Å². The van der Waals surface area contributed by atoms with Crippen molar-refractivity contribution in [1.82, 2.24) is 14.9 Å². The van der Waals surface area contributed by atoms with Gasteiger partial charge in [0.15, 0.2) is 16.7 Å². The molecule has 0 aliphatic heterocycles. The molecule has 1 heterocycles. The minimum atomic E-state index is -0.342. The molecule has 0 saturated heterocycles. The van der Waals surface area contributed by atoms with E-state index < -0.39 is 0 Å². The number of benzene rings is 2. The van der Waals surface area contributed by atoms with Crippen LogP contribution in [0.3, 0.4) is 0 Å². The molecule has 0 spiro atoms. The number of ether oxygens (including phenoxy) is 2. The van der Waals surface area contributed by atoms with Crippen LogP contribution in [0.1, 0.15) is 16.1 Å². The number of carbonyl (C=O) groups is 1. The van der Waals surface area contributed by atoms with Crippen LogP contribution in [0.5, 0.6) is 11.5 Å². The van der Waals surface area contributed by atoms with Crippen molar-refractivity contribution in [1.29, 1.82) is 0 Å². The SMILES string of the molecule is COc1cccc(CNC(=O)c2cnc(SC)n2-c2ccc(F)cc2)c1OC. The first kappa shape index (κ1) is 19.8. The van der Waals surface area contributed by atoms with E-state index >= 15 is 0 Å². The summed E-state index contributed by atoms with van der Waals surface area (Å²) in [5, 5.41) is 3.52. The molecule has 0 bridgehead atoms. The number of nitrogens with zero attached hydrogens (tertiary/aromatic N) is 2. The van der Waals surface area contributed by atoms with Crippen LogP contribution in [0, 0.1) is 5.82 Å². The maximum atomic E-state index is 13.3. The molecule has 1 aromatic heterocycles. The number of hydrogen-bond donors (Lipinski definition) is 1. The molecule has 0 radical (unpaired) electrons. The molecule has 2 aromatic carbocycles. The van der Waals surface area contributed by atoms with Crippen LogP contribution in [-0.2, 0) is 6.54 Å². The van der Waals surface area contributed by atoms with Gasteiger partial charge in [-0.1, -0.05) is 23.9 Å². The smallest absolute Gasteiger partial charge is 0.270 e. The van der Waals surface area contributed by atoms with Crippen molar-refractivity contribution in [3.8, 4) is 17.2 Å². The standard InChI is InChI=1S/C20H20FN3O3S/c1-26-17-6-4-5-13(18(17)27-2)11-22-19(25)16-12-23-20(28-3)24(16)15-9-7-14(21)8-10-15/h4-10,12H,11H2,1-3H3,(H,22,25). The number of aromatic nitrogens is 2. The molecule has 28 heavy (non-hydrogen) atoms. The van der Waals surface area contributed by atoms with Crippen molar-refractivity contribution in [3.63, 3.8) is 0 Å². The van der Waals surface area contributed by atoms with Crippen LogP contribution in [0.25, 0.3) is 5.69 Å². The molecular weight excluding hydrogens is 381 g/mol. The molecule has 1 N–H and O–H groups in total. The quantitative estimate of drug-likeness (QED) is 0.612. The van der Waals surface area contributed by atoms with Crippen molar-refractivity contribution in [3.05, 3.63) is 65.7 Å². The number of methoxy groups -OCH3 is 2. The fourth-order valence-electron chi connectivity index (χ4n) is 2.84. The molecule has 0 fully saturated rings. The second-order valence-corrected chi connectivity index (χ2v) is 6.55. The minimum Gasteiger partial charge on any atom is -0.493 e. The van der Waals surface area contributed by atoms with Gasteiger partial charge in [0.2, 0.25) is 0 Å². The number of para-hydroxylation sites is 1. The van der Waals surface area contributed by atoms with Crippen LogP contribution >= 0.6 is 11.8 Å². The van der Waals surface area contributed by atoms with Crippen molar-refractivity contribution in [2.45, 2.75) is 11.7 Å². The van der Waals surface area contributed by atoms with Crippen LogP contribution in [0.4, 0.5) is 4.39 Å². The highest BCUT2D eigenvalue weighted by atomic mass is 32.2. The van der Waals surface area contributed by atoms with Crippen molar-refractivity contribution >= 4 is 17.7 Å². The molecule has 0 atom stereocenters. The molecule has 0 aliphatic carbocycles. The van der Waals surface area contributed by atoms with Gasteiger partial charge in [0.05, 0.1) is 20.4 Å². The van der Waals surface area contributed by atoms with Gasteiger partial charge in [-0.2, -0.15) is 0 Å². The average molecular weight is 401 g/mol. The number of amides is 1. The van der Waals surface area contributed by atoms with Gasteiger partial charge in [0.1, 0.15) is 11.5 Å². The van der Waals surface area contributed by atoms with Crippen molar-refractivity contribution in [2.75, 3.05) is 20.5 Å². The number of halogens is 1. The second kappa shape index (κ2) is 8.79. The molecule has 146 valence electrons. The average Bonchev–Trinajstić information content (AvgIpc) is 3.16. The number of hydrogen-bond acceptors (Lipinski definition) is 5. The van der Waals surface area contributed by atoms with Gasteiger partial charge >= 0.3 is 0 Å². The lowest BCUT2D eigenvalue weighted by atomic mass is 10.2. The Kier molecular flexibility index (Phi) is 6.20. The monoisotopic (exact) mass is 401 g/mol. The summed E-state index contributed by atoms with van der Waals surface area (Å²) in [5.41, 5.74) is 1.80. The Morgan fingerprint density at radius 3 is 2.57 bits per heavy atom. The molecular formula is C20H20FN3O3S. The first-order valence-corrected chi connectivity index (χ1v) is 9.67. The first-order chi connectivity index (χ1) is 13.6. The number of imidazole rings is 1. The van der Waals surface area contributed by atoms with Gasteiger partial charge in [0.25, 0.3) is 5.91 Å². The van der Waals surface area contributed by atoms with Gasteiger partial charge in [-0.05, 0) is 36.6 Å². The summed E-state index contributed by atoms with van der Waals surface area (Å²) in [6.45, 7) is 0.252. The first-order valence-electron chi connectivity index (χ1n) is 8.44. The van der Waals surface area contributed by atoms with E-state index in [0.717, 1.165) is 5.56 Å². The van der Waals surface area contributed by atoms with Gasteiger partial charge in [0, 0.05) is 17.8 Å². The van der Waals surface area contributed by atoms with Crippen molar-refractivity contribution < 1.29 is 18.7 Å². The number of carbonyl (C=O) groups excluding carboxylic acids is 1. The maximum absolute atomic E-state index is 13.3. The Labute approximate surface area is 166 Å². The Hall–Kier alpha value is -3.00. The highest BCUT2D eigenvalue weighted by Gasteiger charge is 2.18. The lowest BCUT2D eigenvalue weighted by molar-refractivity contribution is 0.0943. The van der Waals surface area contributed by atoms with Crippen LogP contribution in [-0.4, -0.2) is 35.9 Å². The van der Waals surface area contributed by atoms with E-state index in [9.17, 15) is 9.18 Å². The maximum Gasteiger partial charge on any atom is 0.270 e. The van der Waals surface area contributed by atoms with E-state index in [1.54, 1.807) is 37.0 Å². The van der Waals surface area contributed by atoms with Gasteiger partial charge in [-0.15, -0.1) is 0 Å². The molecule has 6 nitrogen and oxygen atoms in total. The molecule has 0 unspecified atom stereocenters. The summed E-state index contributed by atoms with van der Waals surface area (Å²) < 4.78 is 25.7. The summed E-state index contributed by atoms with van der Waals surface area (Å²) >= 11 is 1.40. The Bertz CT molecular complexity index is 973. The summed E-state index contributed by atoms with van der Waals surface area (Å²) in [6.07, 6.45) is 3.37.